The van der Waals surface area contributed by atoms with Crippen molar-refractivity contribution < 1.29 is 19.7 Å². The molecule has 0 saturated heterocycles. The topological polar surface area (TPSA) is 66.8 Å². The minimum absolute atomic E-state index is 0.109. The Hall–Kier alpha value is -0.610. The number of carbonyl (C=O) groups is 1. The van der Waals surface area contributed by atoms with Crippen LogP contribution in [0.4, 0.5) is 0 Å². The van der Waals surface area contributed by atoms with Crippen molar-refractivity contribution in [2.75, 3.05) is 7.11 Å². The van der Waals surface area contributed by atoms with E-state index in [1.165, 1.54) is 45.6 Å². The second-order valence-corrected chi connectivity index (χ2v) is 11.5. The molecule has 0 unspecified atom stereocenters. The van der Waals surface area contributed by atoms with Crippen LogP contribution in [-0.4, -0.2) is 35.5 Å². The number of carbonyl (C=O) groups excluding carboxylic acids is 1. The first-order chi connectivity index (χ1) is 13.7. The number of ether oxygens (including phenoxy) is 1. The molecular weight excluding hydrogens is 364 g/mol. The van der Waals surface area contributed by atoms with Gasteiger partial charge in [0.25, 0.3) is 0 Å². The van der Waals surface area contributed by atoms with Gasteiger partial charge in [-0.25, -0.2) is 0 Å². The molecule has 0 amide bonds. The van der Waals surface area contributed by atoms with Crippen LogP contribution < -0.4 is 0 Å². The molecule has 4 aliphatic carbocycles. The Labute approximate surface area is 176 Å². The lowest BCUT2D eigenvalue weighted by Crippen LogP contribution is -2.63. The standard InChI is InChI=1S/C25H42O4/c1-15(8-11-20(26)29-4)16-9-10-17-21-18(12-14-25(16,17)3)24(2)13-6-5-7-19(24)22(27)23(21)28/h15-19,21-23,27-28H,5-14H2,1-4H3/t15-,16+,17-,18+,19-,21+,22+,23-,24+,25+/m0/s1. The Bertz CT molecular complexity index is 620. The van der Waals surface area contributed by atoms with Crippen molar-refractivity contribution in [3.8, 4) is 0 Å². The summed E-state index contributed by atoms with van der Waals surface area (Å²) in [5.74, 6) is 2.53. The number of rotatable bonds is 4. The van der Waals surface area contributed by atoms with Crippen LogP contribution >= 0.6 is 0 Å². The van der Waals surface area contributed by atoms with Crippen LogP contribution in [0.1, 0.15) is 85.0 Å². The molecule has 0 radical (unpaired) electrons. The summed E-state index contributed by atoms with van der Waals surface area (Å²) in [5, 5.41) is 22.4. The van der Waals surface area contributed by atoms with E-state index >= 15 is 0 Å². The van der Waals surface area contributed by atoms with Crippen LogP contribution in [-0.2, 0) is 9.53 Å². The molecule has 10 atom stereocenters. The normalized spacial score (nSPS) is 50.2. The van der Waals surface area contributed by atoms with Crippen molar-refractivity contribution in [2.45, 2.75) is 97.2 Å². The summed E-state index contributed by atoms with van der Waals surface area (Å²) in [4.78, 5) is 11.6. The van der Waals surface area contributed by atoms with E-state index in [-0.39, 0.29) is 28.6 Å². The largest absolute Gasteiger partial charge is 0.469 e. The fourth-order valence-electron chi connectivity index (χ4n) is 8.94. The molecule has 4 nitrogen and oxygen atoms in total. The molecule has 4 saturated carbocycles. The lowest BCUT2D eigenvalue weighted by Gasteiger charge is -2.63. The molecule has 0 bridgehead atoms. The first kappa shape index (κ1) is 21.6. The van der Waals surface area contributed by atoms with Crippen LogP contribution in [0.15, 0.2) is 0 Å². The molecule has 166 valence electrons. The van der Waals surface area contributed by atoms with Crippen LogP contribution in [0.2, 0.25) is 0 Å². The zero-order chi connectivity index (χ0) is 21.0. The number of hydrogen-bond donors (Lipinski definition) is 2. The van der Waals surface area contributed by atoms with Crippen molar-refractivity contribution in [3.05, 3.63) is 0 Å². The van der Waals surface area contributed by atoms with Gasteiger partial charge in [-0.05, 0) is 91.3 Å². The van der Waals surface area contributed by atoms with Gasteiger partial charge in [0, 0.05) is 6.42 Å². The summed E-state index contributed by atoms with van der Waals surface area (Å²) in [6.45, 7) is 7.18. The molecule has 0 aromatic carbocycles. The zero-order valence-corrected chi connectivity index (χ0v) is 18.9. The molecule has 4 heteroatoms. The van der Waals surface area contributed by atoms with Crippen molar-refractivity contribution in [3.63, 3.8) is 0 Å². The van der Waals surface area contributed by atoms with E-state index in [1.54, 1.807) is 0 Å². The second kappa shape index (κ2) is 7.82. The average molecular weight is 407 g/mol. The summed E-state index contributed by atoms with van der Waals surface area (Å²) >= 11 is 0. The molecule has 0 aliphatic heterocycles. The first-order valence-corrected chi connectivity index (χ1v) is 12.2. The van der Waals surface area contributed by atoms with Crippen molar-refractivity contribution >= 4 is 5.97 Å². The van der Waals surface area contributed by atoms with Crippen LogP contribution in [0.25, 0.3) is 0 Å². The maximum atomic E-state index is 11.6. The third kappa shape index (κ3) is 3.28. The van der Waals surface area contributed by atoms with Crippen LogP contribution in [0.5, 0.6) is 0 Å². The lowest BCUT2D eigenvalue weighted by molar-refractivity contribution is -0.215. The number of aliphatic hydroxyl groups excluding tert-OH is 2. The third-order valence-electron chi connectivity index (χ3n) is 10.5. The highest BCUT2D eigenvalue weighted by Crippen LogP contribution is 2.68. The van der Waals surface area contributed by atoms with Gasteiger partial charge >= 0.3 is 5.97 Å². The number of esters is 1. The maximum absolute atomic E-state index is 11.6. The Morgan fingerprint density at radius 3 is 2.41 bits per heavy atom. The van der Waals surface area contributed by atoms with E-state index in [2.05, 4.69) is 20.8 Å². The number of hydrogen-bond acceptors (Lipinski definition) is 4. The Kier molecular flexibility index (Phi) is 5.83. The highest BCUT2D eigenvalue weighted by molar-refractivity contribution is 5.69. The lowest BCUT2D eigenvalue weighted by atomic mass is 9.43. The highest BCUT2D eigenvalue weighted by Gasteiger charge is 2.64. The smallest absolute Gasteiger partial charge is 0.305 e. The fourth-order valence-corrected chi connectivity index (χ4v) is 8.94. The molecule has 4 aliphatic rings. The number of aliphatic hydroxyl groups is 2. The average Bonchev–Trinajstić information content (AvgIpc) is 3.06. The summed E-state index contributed by atoms with van der Waals surface area (Å²) < 4.78 is 4.85. The van der Waals surface area contributed by atoms with Crippen molar-refractivity contribution in [1.29, 1.82) is 0 Å². The minimum Gasteiger partial charge on any atom is -0.469 e. The number of methoxy groups -OCH3 is 1. The van der Waals surface area contributed by atoms with Crippen molar-refractivity contribution in [2.24, 2.45) is 46.3 Å². The molecule has 4 rings (SSSR count). The molecule has 0 aromatic heterocycles. The molecule has 0 aromatic rings. The summed E-state index contributed by atoms with van der Waals surface area (Å²) in [5.41, 5.74) is 0.409. The molecule has 0 spiro atoms. The quantitative estimate of drug-likeness (QED) is 0.671. The monoisotopic (exact) mass is 406 g/mol. The van der Waals surface area contributed by atoms with Crippen molar-refractivity contribution in [1.82, 2.24) is 0 Å². The predicted molar refractivity (Wildman–Crippen MR) is 113 cm³/mol. The fraction of sp³-hybridized carbons (Fsp3) is 0.960. The number of fused-ring (bicyclic) bond motifs is 5. The van der Waals surface area contributed by atoms with Gasteiger partial charge in [0.15, 0.2) is 0 Å². The summed E-state index contributed by atoms with van der Waals surface area (Å²) in [6, 6.07) is 0. The van der Waals surface area contributed by atoms with E-state index in [1.807, 2.05) is 0 Å². The first-order valence-electron chi connectivity index (χ1n) is 12.2. The Morgan fingerprint density at radius 2 is 1.69 bits per heavy atom. The van der Waals surface area contributed by atoms with Gasteiger partial charge in [-0.3, -0.25) is 4.79 Å². The zero-order valence-electron chi connectivity index (χ0n) is 18.9. The Balaban J connectivity index is 1.56. The molecule has 0 heterocycles. The predicted octanol–water partition coefficient (Wildman–Crippen LogP) is 4.57. The van der Waals surface area contributed by atoms with Gasteiger partial charge in [0.2, 0.25) is 0 Å². The van der Waals surface area contributed by atoms with Gasteiger partial charge in [-0.1, -0.05) is 33.6 Å². The molecule has 4 fully saturated rings. The van der Waals surface area contributed by atoms with Gasteiger partial charge in [0.05, 0.1) is 19.3 Å². The third-order valence-corrected chi connectivity index (χ3v) is 10.5. The van der Waals surface area contributed by atoms with Gasteiger partial charge in [0.1, 0.15) is 0 Å². The maximum Gasteiger partial charge on any atom is 0.305 e. The van der Waals surface area contributed by atoms with E-state index in [0.717, 1.165) is 19.3 Å². The SMILES string of the molecule is COC(=O)CC[C@H](C)[C@H]1CC[C@H]2[C@H]3[C@H](O)[C@H](O)[C@@H]4CCCC[C@]4(C)[C@@H]3CC[C@]12C. The second-order valence-electron chi connectivity index (χ2n) is 11.5. The van der Waals surface area contributed by atoms with E-state index in [9.17, 15) is 15.0 Å². The van der Waals surface area contributed by atoms with E-state index in [4.69, 9.17) is 4.74 Å². The van der Waals surface area contributed by atoms with Crippen LogP contribution in [0, 0.1) is 46.3 Å². The molecule has 2 N–H and O–H groups in total. The van der Waals surface area contributed by atoms with Crippen LogP contribution in [0.3, 0.4) is 0 Å². The van der Waals surface area contributed by atoms with Gasteiger partial charge in [-0.2, -0.15) is 0 Å². The van der Waals surface area contributed by atoms with E-state index in [0.29, 0.717) is 30.1 Å². The Morgan fingerprint density at radius 1 is 0.966 bits per heavy atom. The van der Waals surface area contributed by atoms with E-state index < -0.39 is 12.2 Å². The minimum atomic E-state index is -0.565. The van der Waals surface area contributed by atoms with Gasteiger partial charge in [-0.15, -0.1) is 0 Å². The van der Waals surface area contributed by atoms with Gasteiger partial charge < -0.3 is 14.9 Å². The molecule has 29 heavy (non-hydrogen) atoms. The molecular formula is C25H42O4. The summed E-state index contributed by atoms with van der Waals surface area (Å²) in [6.07, 6.45) is 9.80. The summed E-state index contributed by atoms with van der Waals surface area (Å²) in [7, 11) is 1.47. The highest BCUT2D eigenvalue weighted by atomic mass is 16.5.